The van der Waals surface area contributed by atoms with E-state index in [9.17, 15) is 9.59 Å². The minimum Gasteiger partial charge on any atom is -0.337 e. The molecule has 2 heterocycles. The topological polar surface area (TPSA) is 61.4 Å². The highest BCUT2D eigenvalue weighted by molar-refractivity contribution is 7.99. The van der Waals surface area contributed by atoms with Crippen LogP contribution in [0.15, 0.2) is 18.2 Å². The van der Waals surface area contributed by atoms with Gasteiger partial charge in [0.25, 0.3) is 5.91 Å². The van der Waals surface area contributed by atoms with Crippen molar-refractivity contribution >= 4 is 41.7 Å². The fraction of sp³-hybridized carbons (Fsp3) is 0.556. The molecule has 1 atom stereocenters. The number of carbonyl (C=O) groups excluding carboxylic acids is 2. The van der Waals surface area contributed by atoms with Gasteiger partial charge in [-0.05, 0) is 49.7 Å². The molecular weight excluding hydrogens is 358 g/mol. The van der Waals surface area contributed by atoms with E-state index < -0.39 is 0 Å². The number of hydrogen-bond acceptors (Lipinski definition) is 4. The Labute approximate surface area is 159 Å². The van der Waals surface area contributed by atoms with Crippen LogP contribution in [-0.4, -0.2) is 54.4 Å². The van der Waals surface area contributed by atoms with Crippen LogP contribution >= 0.6 is 24.2 Å². The molecule has 2 fully saturated rings. The summed E-state index contributed by atoms with van der Waals surface area (Å²) in [6, 6.07) is 5.56. The van der Waals surface area contributed by atoms with E-state index in [1.165, 1.54) is 0 Å². The van der Waals surface area contributed by atoms with Crippen molar-refractivity contribution in [2.45, 2.75) is 13.8 Å². The molecule has 0 spiro atoms. The molecule has 3 rings (SSSR count). The van der Waals surface area contributed by atoms with E-state index in [-0.39, 0.29) is 30.1 Å². The van der Waals surface area contributed by atoms with Gasteiger partial charge < -0.3 is 15.5 Å². The van der Waals surface area contributed by atoms with Crippen molar-refractivity contribution < 1.29 is 9.59 Å². The van der Waals surface area contributed by atoms with Gasteiger partial charge in [-0.25, -0.2) is 0 Å². The normalized spacial score (nSPS) is 18.7. The summed E-state index contributed by atoms with van der Waals surface area (Å²) < 4.78 is 0. The lowest BCUT2D eigenvalue weighted by Gasteiger charge is -2.31. The molecule has 2 amide bonds. The van der Waals surface area contributed by atoms with Gasteiger partial charge in [-0.2, -0.15) is 11.8 Å². The van der Waals surface area contributed by atoms with E-state index in [1.807, 2.05) is 48.7 Å². The second-order valence-electron chi connectivity index (χ2n) is 6.63. The van der Waals surface area contributed by atoms with Gasteiger partial charge in [0.15, 0.2) is 0 Å². The minimum atomic E-state index is -0.00203. The number of rotatable bonds is 4. The van der Waals surface area contributed by atoms with E-state index in [2.05, 4.69) is 10.6 Å². The Morgan fingerprint density at radius 1 is 1.28 bits per heavy atom. The van der Waals surface area contributed by atoms with Crippen molar-refractivity contribution in [3.05, 3.63) is 29.3 Å². The van der Waals surface area contributed by atoms with Crippen molar-refractivity contribution in [2.24, 2.45) is 11.8 Å². The molecular formula is C18H26ClN3O2S. The maximum absolute atomic E-state index is 12.6. The van der Waals surface area contributed by atoms with Crippen molar-refractivity contribution in [1.82, 2.24) is 10.2 Å². The van der Waals surface area contributed by atoms with Crippen molar-refractivity contribution in [1.29, 1.82) is 0 Å². The van der Waals surface area contributed by atoms with E-state index in [0.29, 0.717) is 11.5 Å². The van der Waals surface area contributed by atoms with Gasteiger partial charge in [-0.3, -0.25) is 9.59 Å². The highest BCUT2D eigenvalue weighted by atomic mass is 35.5. The fourth-order valence-corrected chi connectivity index (χ4v) is 3.91. The van der Waals surface area contributed by atoms with Gasteiger partial charge in [-0.1, -0.05) is 6.92 Å². The summed E-state index contributed by atoms with van der Waals surface area (Å²) in [5, 5.41) is 6.21. The molecule has 2 aliphatic rings. The molecule has 2 saturated heterocycles. The number of amides is 2. The molecule has 2 N–H and O–H groups in total. The molecule has 0 saturated carbocycles. The number of aryl methyl sites for hydroxylation is 1. The first-order valence-corrected chi connectivity index (χ1v) is 9.71. The molecule has 1 unspecified atom stereocenters. The summed E-state index contributed by atoms with van der Waals surface area (Å²) in [7, 11) is 0. The summed E-state index contributed by atoms with van der Waals surface area (Å²) >= 11 is 1.89. The zero-order valence-corrected chi connectivity index (χ0v) is 16.3. The van der Waals surface area contributed by atoms with Crippen LogP contribution in [0.2, 0.25) is 0 Å². The molecule has 1 aromatic carbocycles. The van der Waals surface area contributed by atoms with E-state index >= 15 is 0 Å². The summed E-state index contributed by atoms with van der Waals surface area (Å²) in [6.07, 6.45) is 0. The number of hydrogen-bond donors (Lipinski definition) is 2. The fourth-order valence-electron chi connectivity index (χ4n) is 3.01. The lowest BCUT2D eigenvalue weighted by molar-refractivity contribution is -0.121. The Bertz CT molecular complexity index is 631. The summed E-state index contributed by atoms with van der Waals surface area (Å²) in [5.41, 5.74) is 2.43. The molecule has 25 heavy (non-hydrogen) atoms. The molecule has 1 aromatic rings. The van der Waals surface area contributed by atoms with Gasteiger partial charge in [0.2, 0.25) is 5.91 Å². The molecule has 0 aromatic heterocycles. The lowest BCUT2D eigenvalue weighted by Crippen LogP contribution is -2.48. The predicted molar refractivity (Wildman–Crippen MR) is 106 cm³/mol. The van der Waals surface area contributed by atoms with Crippen LogP contribution in [0.1, 0.15) is 22.8 Å². The van der Waals surface area contributed by atoms with E-state index in [0.717, 1.165) is 48.9 Å². The average molecular weight is 384 g/mol. The highest BCUT2D eigenvalue weighted by Crippen LogP contribution is 2.22. The van der Waals surface area contributed by atoms with Crippen LogP contribution in [0.5, 0.6) is 0 Å². The molecule has 0 bridgehead atoms. The largest absolute Gasteiger partial charge is 0.337 e. The number of carbonyl (C=O) groups is 2. The number of nitrogens with zero attached hydrogens (tertiary/aromatic N) is 1. The van der Waals surface area contributed by atoms with E-state index in [4.69, 9.17) is 0 Å². The maximum atomic E-state index is 12.6. The first-order chi connectivity index (χ1) is 11.6. The van der Waals surface area contributed by atoms with Crippen molar-refractivity contribution in [3.63, 3.8) is 0 Å². The Kier molecular flexibility index (Phi) is 7.16. The molecule has 138 valence electrons. The third-order valence-electron chi connectivity index (χ3n) is 4.96. The first-order valence-electron chi connectivity index (χ1n) is 8.55. The van der Waals surface area contributed by atoms with Gasteiger partial charge >= 0.3 is 0 Å². The Balaban J connectivity index is 0.00000225. The molecule has 7 heteroatoms. The number of halogens is 1. The zero-order chi connectivity index (χ0) is 17.1. The average Bonchev–Trinajstić information content (AvgIpc) is 2.55. The molecule has 2 aliphatic heterocycles. The first kappa shape index (κ1) is 20.1. The number of nitrogens with one attached hydrogen (secondary N) is 2. The van der Waals surface area contributed by atoms with Crippen LogP contribution in [0.4, 0.5) is 5.69 Å². The minimum absolute atomic E-state index is 0. The van der Waals surface area contributed by atoms with Gasteiger partial charge in [-0.15, -0.1) is 12.4 Å². The van der Waals surface area contributed by atoms with Crippen LogP contribution in [0, 0.1) is 18.8 Å². The van der Waals surface area contributed by atoms with Crippen LogP contribution in [-0.2, 0) is 4.79 Å². The molecule has 0 radical (unpaired) electrons. The van der Waals surface area contributed by atoms with Crippen LogP contribution in [0.25, 0.3) is 0 Å². The van der Waals surface area contributed by atoms with E-state index in [1.54, 1.807) is 0 Å². The van der Waals surface area contributed by atoms with Gasteiger partial charge in [0.1, 0.15) is 0 Å². The lowest BCUT2D eigenvalue weighted by atomic mass is 9.88. The third kappa shape index (κ3) is 4.68. The Hall–Kier alpha value is -1.24. The third-order valence-corrected chi connectivity index (χ3v) is 5.91. The summed E-state index contributed by atoms with van der Waals surface area (Å²) in [6.45, 7) is 7.36. The Morgan fingerprint density at radius 3 is 2.52 bits per heavy atom. The monoisotopic (exact) mass is 383 g/mol. The van der Waals surface area contributed by atoms with Crippen molar-refractivity contribution in [2.75, 3.05) is 43.0 Å². The zero-order valence-electron chi connectivity index (χ0n) is 14.7. The van der Waals surface area contributed by atoms with Crippen molar-refractivity contribution in [3.8, 4) is 0 Å². The smallest absolute Gasteiger partial charge is 0.253 e. The summed E-state index contributed by atoms with van der Waals surface area (Å²) in [5.74, 6) is 2.57. The van der Waals surface area contributed by atoms with Gasteiger partial charge in [0.05, 0.1) is 0 Å². The second-order valence-corrected chi connectivity index (χ2v) is 7.86. The molecule has 0 aliphatic carbocycles. The standard InChI is InChI=1S/C18H25N3O2S.ClH/c1-12-9-14(18(23)21-5-7-24-8-6-21)3-4-16(12)20-17(22)13(2)15-10-19-11-15;/h3-4,9,13,15,19H,5-8,10-11H2,1-2H3,(H,20,22);1H. The SMILES string of the molecule is Cc1cc(C(=O)N2CCSCC2)ccc1NC(=O)C(C)C1CNC1.Cl. The highest BCUT2D eigenvalue weighted by Gasteiger charge is 2.29. The van der Waals surface area contributed by atoms with Crippen LogP contribution < -0.4 is 10.6 Å². The van der Waals surface area contributed by atoms with Crippen LogP contribution in [0.3, 0.4) is 0 Å². The Morgan fingerprint density at radius 2 is 1.96 bits per heavy atom. The molecule has 5 nitrogen and oxygen atoms in total. The quantitative estimate of drug-likeness (QED) is 0.838. The van der Waals surface area contributed by atoms with Gasteiger partial charge in [0, 0.05) is 41.8 Å². The number of thioether (sulfide) groups is 1. The second kappa shape index (κ2) is 8.92. The number of anilines is 1. The summed E-state index contributed by atoms with van der Waals surface area (Å²) in [4.78, 5) is 26.8. The predicted octanol–water partition coefficient (Wildman–Crippen LogP) is 2.40. The maximum Gasteiger partial charge on any atom is 0.253 e. The number of benzene rings is 1.